The van der Waals surface area contributed by atoms with Crippen molar-refractivity contribution in [2.24, 2.45) is 4.99 Å². The number of nitrogens with zero attached hydrogens (tertiary/aromatic N) is 2. The molecule has 170 valence electrons. The molecule has 0 aliphatic heterocycles. The minimum Gasteiger partial charge on any atom is -0.357 e. The summed E-state index contributed by atoms with van der Waals surface area (Å²) in [5, 5.41) is 6.71. The van der Waals surface area contributed by atoms with Crippen LogP contribution in [0.1, 0.15) is 47.7 Å². The highest BCUT2D eigenvalue weighted by atomic mass is 127. The van der Waals surface area contributed by atoms with Crippen LogP contribution in [0.4, 0.5) is 0 Å². The molecule has 1 amide bonds. The molecule has 2 N–H and O–H groups in total. The predicted octanol–water partition coefficient (Wildman–Crippen LogP) is 4.52. The van der Waals surface area contributed by atoms with E-state index in [1.54, 1.807) is 19.0 Å². The zero-order chi connectivity index (χ0) is 21.6. The van der Waals surface area contributed by atoms with E-state index in [2.05, 4.69) is 54.0 Å². The third-order valence-electron chi connectivity index (χ3n) is 4.87. The molecule has 0 aliphatic carbocycles. The third-order valence-corrected chi connectivity index (χ3v) is 4.87. The van der Waals surface area contributed by atoms with E-state index in [0.29, 0.717) is 0 Å². The topological polar surface area (TPSA) is 56.7 Å². The van der Waals surface area contributed by atoms with Gasteiger partial charge in [-0.1, -0.05) is 48.9 Å². The largest absolute Gasteiger partial charge is 0.357 e. The molecule has 0 aromatic heterocycles. The van der Waals surface area contributed by atoms with Crippen LogP contribution in [-0.2, 0) is 12.8 Å². The fourth-order valence-corrected chi connectivity index (χ4v) is 3.24. The lowest BCUT2D eigenvalue weighted by atomic mass is 10.1. The molecule has 0 fully saturated rings. The van der Waals surface area contributed by atoms with Crippen LogP contribution in [0, 0.1) is 0 Å². The van der Waals surface area contributed by atoms with Crippen LogP contribution in [0.2, 0.25) is 0 Å². The first-order valence-electron chi connectivity index (χ1n) is 11.0. The van der Waals surface area contributed by atoms with Gasteiger partial charge in [-0.15, -0.1) is 24.0 Å². The summed E-state index contributed by atoms with van der Waals surface area (Å²) in [5.41, 5.74) is 3.29. The van der Waals surface area contributed by atoms with E-state index in [0.717, 1.165) is 56.0 Å². The molecule has 0 aliphatic rings. The van der Waals surface area contributed by atoms with Gasteiger partial charge in [0.1, 0.15) is 0 Å². The predicted molar refractivity (Wildman–Crippen MR) is 142 cm³/mol. The number of benzene rings is 2. The summed E-state index contributed by atoms with van der Waals surface area (Å²) in [5.74, 6) is 0.896. The fraction of sp³-hybridized carbons (Fsp3) is 0.440. The van der Waals surface area contributed by atoms with Gasteiger partial charge in [-0.3, -0.25) is 9.79 Å². The summed E-state index contributed by atoms with van der Waals surface area (Å²) in [7, 11) is 3.55. The maximum Gasteiger partial charge on any atom is 0.253 e. The normalized spacial score (nSPS) is 10.9. The summed E-state index contributed by atoms with van der Waals surface area (Å²) in [6.45, 7) is 4.52. The van der Waals surface area contributed by atoms with Crippen LogP contribution in [0.25, 0.3) is 0 Å². The number of guanidine groups is 1. The number of nitrogens with one attached hydrogen (secondary N) is 2. The Morgan fingerprint density at radius 3 is 2.35 bits per heavy atom. The number of amides is 1. The van der Waals surface area contributed by atoms with Crippen molar-refractivity contribution in [3.8, 4) is 0 Å². The monoisotopic (exact) mass is 536 g/mol. The van der Waals surface area contributed by atoms with Crippen molar-refractivity contribution in [1.82, 2.24) is 15.5 Å². The molecule has 0 bridgehead atoms. The van der Waals surface area contributed by atoms with E-state index in [9.17, 15) is 4.79 Å². The Morgan fingerprint density at radius 2 is 1.65 bits per heavy atom. The molecule has 0 unspecified atom stereocenters. The van der Waals surface area contributed by atoms with Gasteiger partial charge in [-0.25, -0.2) is 0 Å². The van der Waals surface area contributed by atoms with Crippen molar-refractivity contribution in [3.63, 3.8) is 0 Å². The van der Waals surface area contributed by atoms with Crippen LogP contribution in [-0.4, -0.2) is 50.5 Å². The molecular weight excluding hydrogens is 499 g/mol. The molecular formula is C25H37IN4O. The second kappa shape index (κ2) is 15.7. The average Bonchev–Trinajstić information content (AvgIpc) is 2.76. The standard InChI is InChI=1S/C25H36N4O.HI/c1-4-26-25(27-18-10-6-9-14-21-12-7-5-8-13-21)28-19-17-22-15-11-16-23(20-22)24(30)29(2)3;/h5,7-8,11-13,15-16,20H,4,6,9-10,14,17-19H2,1-3H3,(H2,26,27,28);1H. The van der Waals surface area contributed by atoms with Gasteiger partial charge < -0.3 is 15.5 Å². The quantitative estimate of drug-likeness (QED) is 0.192. The van der Waals surface area contributed by atoms with Gasteiger partial charge in [0.2, 0.25) is 0 Å². The van der Waals surface area contributed by atoms with Crippen molar-refractivity contribution >= 4 is 35.8 Å². The number of hydrogen-bond acceptors (Lipinski definition) is 2. The van der Waals surface area contributed by atoms with Crippen LogP contribution in [0.3, 0.4) is 0 Å². The van der Waals surface area contributed by atoms with E-state index in [4.69, 9.17) is 4.99 Å². The summed E-state index contributed by atoms with van der Waals surface area (Å²) in [4.78, 5) is 18.4. The maximum atomic E-state index is 12.1. The minimum absolute atomic E-state index is 0. The third kappa shape index (κ3) is 10.7. The molecule has 5 nitrogen and oxygen atoms in total. The van der Waals surface area contributed by atoms with Crippen molar-refractivity contribution < 1.29 is 4.79 Å². The highest BCUT2D eigenvalue weighted by Crippen LogP contribution is 2.08. The first-order valence-corrected chi connectivity index (χ1v) is 11.0. The number of carbonyl (C=O) groups excluding carboxylic acids is 1. The number of unbranched alkanes of at least 4 members (excludes halogenated alkanes) is 2. The molecule has 0 spiro atoms. The van der Waals surface area contributed by atoms with Crippen LogP contribution in [0.15, 0.2) is 59.6 Å². The van der Waals surface area contributed by atoms with Gasteiger partial charge in [-0.05, 0) is 55.9 Å². The second-order valence-corrected chi connectivity index (χ2v) is 7.63. The molecule has 2 aromatic carbocycles. The SMILES string of the molecule is CCNC(=NCCCCCc1ccccc1)NCCc1cccc(C(=O)N(C)C)c1.I. The first kappa shape index (κ1) is 26.9. The Kier molecular flexibility index (Phi) is 13.6. The summed E-state index contributed by atoms with van der Waals surface area (Å²) >= 11 is 0. The molecule has 0 atom stereocenters. The molecule has 2 aromatic rings. The number of hydrogen-bond donors (Lipinski definition) is 2. The maximum absolute atomic E-state index is 12.1. The number of halogens is 1. The van der Waals surface area contributed by atoms with Crippen LogP contribution < -0.4 is 10.6 Å². The Bertz CT molecular complexity index is 793. The van der Waals surface area contributed by atoms with Crippen molar-refractivity contribution in [1.29, 1.82) is 0 Å². The van der Waals surface area contributed by atoms with E-state index < -0.39 is 0 Å². The number of carbonyl (C=O) groups is 1. The Hall–Kier alpha value is -2.09. The van der Waals surface area contributed by atoms with Crippen molar-refractivity contribution in [2.75, 3.05) is 33.7 Å². The van der Waals surface area contributed by atoms with Gasteiger partial charge in [-0.2, -0.15) is 0 Å². The summed E-state index contributed by atoms with van der Waals surface area (Å²) < 4.78 is 0. The van der Waals surface area contributed by atoms with E-state index in [-0.39, 0.29) is 29.9 Å². The van der Waals surface area contributed by atoms with Gasteiger partial charge in [0.25, 0.3) is 5.91 Å². The Labute approximate surface area is 204 Å². The van der Waals surface area contributed by atoms with Crippen molar-refractivity contribution in [3.05, 3.63) is 71.3 Å². The lowest BCUT2D eigenvalue weighted by Gasteiger charge is -2.13. The van der Waals surface area contributed by atoms with Gasteiger partial charge in [0, 0.05) is 39.3 Å². The van der Waals surface area contributed by atoms with Crippen molar-refractivity contribution in [2.45, 2.75) is 39.0 Å². The highest BCUT2D eigenvalue weighted by Gasteiger charge is 2.08. The number of aryl methyl sites for hydroxylation is 1. The van der Waals surface area contributed by atoms with Gasteiger partial charge >= 0.3 is 0 Å². The van der Waals surface area contributed by atoms with E-state index >= 15 is 0 Å². The second-order valence-electron chi connectivity index (χ2n) is 7.63. The Morgan fingerprint density at radius 1 is 0.903 bits per heavy atom. The fourth-order valence-electron chi connectivity index (χ4n) is 3.24. The minimum atomic E-state index is 0. The molecule has 6 heteroatoms. The lowest BCUT2D eigenvalue weighted by Crippen LogP contribution is -2.38. The molecule has 0 saturated heterocycles. The number of rotatable bonds is 11. The Balaban J connectivity index is 0.00000480. The molecule has 31 heavy (non-hydrogen) atoms. The van der Waals surface area contributed by atoms with Crippen LogP contribution in [0.5, 0.6) is 0 Å². The average molecular weight is 537 g/mol. The zero-order valence-electron chi connectivity index (χ0n) is 19.1. The lowest BCUT2D eigenvalue weighted by molar-refractivity contribution is 0.0827. The molecule has 2 rings (SSSR count). The van der Waals surface area contributed by atoms with Gasteiger partial charge in [0.05, 0.1) is 0 Å². The highest BCUT2D eigenvalue weighted by molar-refractivity contribution is 14.0. The van der Waals surface area contributed by atoms with Crippen LogP contribution >= 0.6 is 24.0 Å². The molecule has 0 heterocycles. The van der Waals surface area contributed by atoms with Gasteiger partial charge in [0.15, 0.2) is 5.96 Å². The summed E-state index contributed by atoms with van der Waals surface area (Å²) in [6, 6.07) is 18.5. The molecule has 0 radical (unpaired) electrons. The molecule has 0 saturated carbocycles. The first-order chi connectivity index (χ1) is 14.6. The van der Waals surface area contributed by atoms with E-state index in [1.807, 2.05) is 18.2 Å². The number of aliphatic imine (C=N–C) groups is 1. The summed E-state index contributed by atoms with van der Waals surface area (Å²) in [6.07, 6.45) is 5.46. The smallest absolute Gasteiger partial charge is 0.253 e. The zero-order valence-corrected chi connectivity index (χ0v) is 21.4. The van der Waals surface area contributed by atoms with E-state index in [1.165, 1.54) is 18.4 Å².